The van der Waals surface area contributed by atoms with Crippen LogP contribution in [-0.2, 0) is 17.9 Å². The molecule has 18 heteroatoms. The minimum absolute atomic E-state index is 0.0529. The Morgan fingerprint density at radius 3 is 2.20 bits per heavy atom. The van der Waals surface area contributed by atoms with Crippen LogP contribution in [0.25, 0.3) is 0 Å². The van der Waals surface area contributed by atoms with E-state index in [2.05, 4.69) is 23.9 Å². The van der Waals surface area contributed by atoms with E-state index in [1.807, 2.05) is 0 Å². The fourth-order valence-electron chi connectivity index (χ4n) is 2.09. The highest BCUT2D eigenvalue weighted by atomic mass is 31.3. The molecule has 0 spiro atoms. The average Bonchev–Trinajstić information content (AvgIpc) is 2.61. The van der Waals surface area contributed by atoms with Gasteiger partial charge in [-0.25, -0.2) is 18.6 Å². The standard InChI is InChI=1S/C12H26N5O10P3/c1-5(18)9(19)10(6(2)25-29(22)27-30(23)26-28(20)21)24-7(3)17-12-8(13)11(14)15-4-16-12/h4-7,9-10,18-23H,13H2,1-3H3,(H3,14,15,16,17)/t5-,6-,7?,9?,10?,29?,30?/m1/s1. The van der Waals surface area contributed by atoms with E-state index in [0.717, 1.165) is 0 Å². The molecule has 0 bridgehead atoms. The zero-order chi connectivity index (χ0) is 23.0. The molecule has 0 aromatic carbocycles. The van der Waals surface area contributed by atoms with Crippen LogP contribution in [0.15, 0.2) is 6.33 Å². The first-order chi connectivity index (χ1) is 13.9. The van der Waals surface area contributed by atoms with Crippen molar-refractivity contribution in [2.45, 2.75) is 51.4 Å². The van der Waals surface area contributed by atoms with Gasteiger partial charge in [-0.15, -0.1) is 0 Å². The van der Waals surface area contributed by atoms with E-state index in [9.17, 15) is 20.0 Å². The summed E-state index contributed by atoms with van der Waals surface area (Å²) in [6, 6.07) is 0. The molecule has 1 aromatic heterocycles. The summed E-state index contributed by atoms with van der Waals surface area (Å²) in [4.78, 5) is 44.1. The third kappa shape index (κ3) is 9.25. The summed E-state index contributed by atoms with van der Waals surface area (Å²) >= 11 is 0. The van der Waals surface area contributed by atoms with Crippen molar-refractivity contribution in [1.29, 1.82) is 0 Å². The van der Waals surface area contributed by atoms with Crippen molar-refractivity contribution in [2.75, 3.05) is 16.8 Å². The molecule has 0 aliphatic heterocycles. The van der Waals surface area contributed by atoms with Crippen LogP contribution in [0, 0.1) is 0 Å². The Balaban J connectivity index is 2.79. The lowest BCUT2D eigenvalue weighted by atomic mass is 10.1. The number of hydrogen-bond acceptors (Lipinski definition) is 15. The summed E-state index contributed by atoms with van der Waals surface area (Å²) in [6.07, 6.45) is -4.60. The molecular weight excluding hydrogens is 467 g/mol. The predicted octanol–water partition coefficient (Wildman–Crippen LogP) is -0.386. The van der Waals surface area contributed by atoms with Crippen LogP contribution in [0.2, 0.25) is 0 Å². The van der Waals surface area contributed by atoms with Crippen LogP contribution in [0.1, 0.15) is 20.8 Å². The minimum atomic E-state index is -2.90. The summed E-state index contributed by atoms with van der Waals surface area (Å²) in [5.74, 6) is 0.228. The Hall–Kier alpha value is -0.630. The zero-order valence-corrected chi connectivity index (χ0v) is 18.9. The second-order valence-corrected chi connectivity index (χ2v) is 8.82. The van der Waals surface area contributed by atoms with Gasteiger partial charge in [0.05, 0.1) is 12.2 Å². The molecule has 0 amide bonds. The van der Waals surface area contributed by atoms with Gasteiger partial charge >= 0.3 is 25.8 Å². The van der Waals surface area contributed by atoms with E-state index in [0.29, 0.717) is 0 Å². The predicted molar refractivity (Wildman–Crippen MR) is 109 cm³/mol. The van der Waals surface area contributed by atoms with Gasteiger partial charge in [0.1, 0.15) is 30.5 Å². The summed E-state index contributed by atoms with van der Waals surface area (Å²) in [7, 11) is -8.48. The van der Waals surface area contributed by atoms with Crippen molar-refractivity contribution < 1.29 is 47.7 Å². The van der Waals surface area contributed by atoms with E-state index < -0.39 is 56.5 Å². The van der Waals surface area contributed by atoms with Gasteiger partial charge in [-0.1, -0.05) is 0 Å². The summed E-state index contributed by atoms with van der Waals surface area (Å²) < 4.78 is 19.6. The molecule has 30 heavy (non-hydrogen) atoms. The van der Waals surface area contributed by atoms with Crippen molar-refractivity contribution >= 4 is 43.1 Å². The molecule has 11 N–H and O–H groups in total. The van der Waals surface area contributed by atoms with Gasteiger partial charge in [0.25, 0.3) is 0 Å². The Kier molecular flexibility index (Phi) is 11.9. The van der Waals surface area contributed by atoms with E-state index in [4.69, 9.17) is 30.5 Å². The van der Waals surface area contributed by atoms with Gasteiger partial charge in [0, 0.05) is 0 Å². The number of aromatic nitrogens is 2. The van der Waals surface area contributed by atoms with Crippen molar-refractivity contribution in [2.24, 2.45) is 0 Å². The number of hydrogen-bond donors (Lipinski definition) is 9. The van der Waals surface area contributed by atoms with E-state index in [1.54, 1.807) is 6.92 Å². The molecule has 15 nitrogen and oxygen atoms in total. The third-order valence-electron chi connectivity index (χ3n) is 3.45. The molecule has 1 aromatic rings. The Labute approximate surface area is 176 Å². The van der Waals surface area contributed by atoms with Crippen molar-refractivity contribution in [3.8, 4) is 0 Å². The lowest BCUT2D eigenvalue weighted by molar-refractivity contribution is -0.136. The molecule has 174 valence electrons. The number of ether oxygens (including phenoxy) is 1. The second kappa shape index (κ2) is 13.0. The van der Waals surface area contributed by atoms with Crippen LogP contribution < -0.4 is 16.8 Å². The number of nitrogens with zero attached hydrogens (tertiary/aromatic N) is 2. The maximum absolute atomic E-state index is 10.3. The topological polar surface area (TPSA) is 248 Å². The smallest absolute Gasteiger partial charge is 0.344 e. The van der Waals surface area contributed by atoms with Gasteiger partial charge in [0.2, 0.25) is 0 Å². The fourth-order valence-corrected chi connectivity index (χ4v) is 4.01. The first-order valence-corrected chi connectivity index (χ1v) is 11.7. The van der Waals surface area contributed by atoms with Crippen LogP contribution >= 0.6 is 25.8 Å². The third-order valence-corrected chi connectivity index (χ3v) is 6.22. The monoisotopic (exact) mass is 493 g/mol. The van der Waals surface area contributed by atoms with E-state index in [-0.39, 0.29) is 17.3 Å². The maximum Gasteiger partial charge on any atom is 0.344 e. The molecular formula is C12H26N5O10P3. The SMILES string of the molecule is CC(Nc1ncnc(N)c1N)OC(C(O)[C@@H](C)O)[C@@H](C)OP(O)OP(O)OP(O)O. The van der Waals surface area contributed by atoms with Crippen molar-refractivity contribution in [3.05, 3.63) is 6.33 Å². The normalized spacial score (nSPS) is 19.0. The molecule has 0 saturated heterocycles. The summed E-state index contributed by atoms with van der Waals surface area (Å²) in [5, 5.41) is 22.8. The van der Waals surface area contributed by atoms with Crippen molar-refractivity contribution in [1.82, 2.24) is 9.97 Å². The number of rotatable bonds is 13. The molecule has 5 unspecified atom stereocenters. The quantitative estimate of drug-likeness (QED) is 0.125. The fraction of sp³-hybridized carbons (Fsp3) is 0.667. The molecule has 7 atom stereocenters. The first-order valence-electron chi connectivity index (χ1n) is 8.25. The van der Waals surface area contributed by atoms with E-state index in [1.165, 1.54) is 20.2 Å². The number of nitrogen functional groups attached to an aromatic ring is 2. The molecule has 0 fully saturated rings. The molecule has 0 saturated carbocycles. The number of anilines is 3. The van der Waals surface area contributed by atoms with Crippen LogP contribution in [0.4, 0.5) is 17.3 Å². The van der Waals surface area contributed by atoms with Gasteiger partial charge in [-0.2, -0.15) is 0 Å². The van der Waals surface area contributed by atoms with E-state index >= 15 is 0 Å². The van der Waals surface area contributed by atoms with Gasteiger partial charge in [-0.3, -0.25) is 0 Å². The van der Waals surface area contributed by atoms with Crippen LogP contribution in [0.5, 0.6) is 0 Å². The second-order valence-electron chi connectivity index (χ2n) is 5.84. The van der Waals surface area contributed by atoms with Gasteiger partial charge in [0.15, 0.2) is 11.6 Å². The highest BCUT2D eigenvalue weighted by Crippen LogP contribution is 2.55. The molecule has 1 rings (SSSR count). The summed E-state index contributed by atoms with van der Waals surface area (Å²) in [5.41, 5.74) is 11.5. The van der Waals surface area contributed by atoms with Crippen LogP contribution in [-0.4, -0.2) is 70.4 Å². The number of aliphatic hydroxyl groups is 2. The maximum atomic E-state index is 10.3. The van der Waals surface area contributed by atoms with Gasteiger partial charge in [-0.05, 0) is 20.8 Å². The molecule has 1 heterocycles. The van der Waals surface area contributed by atoms with Crippen LogP contribution in [0.3, 0.4) is 0 Å². The molecule has 0 aliphatic rings. The lowest BCUT2D eigenvalue weighted by Crippen LogP contribution is -2.47. The Morgan fingerprint density at radius 2 is 1.63 bits per heavy atom. The summed E-state index contributed by atoms with van der Waals surface area (Å²) in [6.45, 7) is 4.27. The minimum Gasteiger partial charge on any atom is -0.393 e. The molecule has 0 aliphatic carbocycles. The highest BCUT2D eigenvalue weighted by Gasteiger charge is 2.34. The number of nitrogens with one attached hydrogen (secondary N) is 1. The van der Waals surface area contributed by atoms with Crippen molar-refractivity contribution in [3.63, 3.8) is 0 Å². The number of nitrogens with two attached hydrogens (primary N) is 2. The molecule has 0 radical (unpaired) electrons. The largest absolute Gasteiger partial charge is 0.393 e. The first kappa shape index (κ1) is 27.4. The Morgan fingerprint density at radius 1 is 1.00 bits per heavy atom. The highest BCUT2D eigenvalue weighted by molar-refractivity contribution is 7.60. The lowest BCUT2D eigenvalue weighted by Gasteiger charge is -2.33. The van der Waals surface area contributed by atoms with Gasteiger partial charge < -0.3 is 55.8 Å². The Bertz CT molecular complexity index is 651. The number of aliphatic hydroxyl groups excluding tert-OH is 2. The zero-order valence-electron chi connectivity index (χ0n) is 16.2. The average molecular weight is 493 g/mol.